The number of rotatable bonds is 3. The summed E-state index contributed by atoms with van der Waals surface area (Å²) in [6, 6.07) is 15.2. The summed E-state index contributed by atoms with van der Waals surface area (Å²) in [5, 5.41) is 3.64. The number of aryl methyl sites for hydroxylation is 2. The Bertz CT molecular complexity index is 1100. The third kappa shape index (κ3) is 4.16. The van der Waals surface area contributed by atoms with Gasteiger partial charge in [-0.3, -0.25) is 9.36 Å². The van der Waals surface area contributed by atoms with Crippen molar-refractivity contribution in [1.29, 1.82) is 0 Å². The SMILES string of the molecule is Cc1cccc(NC(=O)N2CCC(Cn3c(C)nc4ccccc4c3=O)CC2)c1. The predicted molar refractivity (Wildman–Crippen MR) is 115 cm³/mol. The van der Waals surface area contributed by atoms with Crippen molar-refractivity contribution in [2.75, 3.05) is 18.4 Å². The van der Waals surface area contributed by atoms with Crippen LogP contribution in [0.2, 0.25) is 0 Å². The number of urea groups is 1. The number of carbonyl (C=O) groups excluding carboxylic acids is 1. The van der Waals surface area contributed by atoms with E-state index in [0.29, 0.717) is 30.9 Å². The maximum atomic E-state index is 12.9. The lowest BCUT2D eigenvalue weighted by atomic mass is 9.96. The quantitative estimate of drug-likeness (QED) is 0.736. The topological polar surface area (TPSA) is 67.2 Å². The number of benzene rings is 2. The van der Waals surface area contributed by atoms with E-state index < -0.39 is 0 Å². The Labute approximate surface area is 170 Å². The minimum atomic E-state index is -0.0604. The molecule has 2 heterocycles. The molecule has 0 atom stereocenters. The molecule has 29 heavy (non-hydrogen) atoms. The molecule has 0 spiro atoms. The monoisotopic (exact) mass is 390 g/mol. The summed E-state index contributed by atoms with van der Waals surface area (Å²) in [7, 11) is 0. The molecule has 1 aromatic heterocycles. The van der Waals surface area contributed by atoms with Gasteiger partial charge in [0.05, 0.1) is 10.9 Å². The Morgan fingerprint density at radius 3 is 2.62 bits per heavy atom. The molecule has 1 fully saturated rings. The van der Waals surface area contributed by atoms with Crippen LogP contribution < -0.4 is 10.9 Å². The van der Waals surface area contributed by atoms with Crippen LogP contribution in [-0.2, 0) is 6.54 Å². The van der Waals surface area contributed by atoms with E-state index in [1.807, 2.05) is 67.3 Å². The number of anilines is 1. The number of nitrogens with zero attached hydrogens (tertiary/aromatic N) is 3. The number of amides is 2. The van der Waals surface area contributed by atoms with Crippen molar-refractivity contribution in [3.05, 3.63) is 70.3 Å². The molecular weight excluding hydrogens is 364 g/mol. The first-order chi connectivity index (χ1) is 14.0. The number of aromatic nitrogens is 2. The van der Waals surface area contributed by atoms with Crippen molar-refractivity contribution in [1.82, 2.24) is 14.5 Å². The van der Waals surface area contributed by atoms with E-state index >= 15 is 0 Å². The molecule has 2 amide bonds. The van der Waals surface area contributed by atoms with Crippen LogP contribution in [0.25, 0.3) is 10.9 Å². The van der Waals surface area contributed by atoms with Gasteiger partial charge in [-0.2, -0.15) is 0 Å². The minimum Gasteiger partial charge on any atom is -0.325 e. The molecule has 3 aromatic rings. The fourth-order valence-corrected chi connectivity index (χ4v) is 4.00. The molecule has 0 aliphatic carbocycles. The average Bonchev–Trinajstić information content (AvgIpc) is 2.71. The summed E-state index contributed by atoms with van der Waals surface area (Å²) in [5.41, 5.74) is 2.70. The van der Waals surface area contributed by atoms with Gasteiger partial charge in [0.2, 0.25) is 0 Å². The van der Waals surface area contributed by atoms with Crippen LogP contribution in [0.1, 0.15) is 24.2 Å². The normalized spacial score (nSPS) is 14.9. The summed E-state index contributed by atoms with van der Waals surface area (Å²) in [4.78, 5) is 31.9. The molecule has 2 aromatic carbocycles. The summed E-state index contributed by atoms with van der Waals surface area (Å²) in [6.07, 6.45) is 1.75. The maximum absolute atomic E-state index is 12.9. The first kappa shape index (κ1) is 19.2. The van der Waals surface area contributed by atoms with Gasteiger partial charge < -0.3 is 10.2 Å². The van der Waals surface area contributed by atoms with Crippen molar-refractivity contribution in [2.45, 2.75) is 33.2 Å². The second-order valence-electron chi connectivity index (χ2n) is 7.82. The molecule has 1 N–H and O–H groups in total. The van der Waals surface area contributed by atoms with Crippen LogP contribution in [0, 0.1) is 19.8 Å². The highest BCUT2D eigenvalue weighted by Crippen LogP contribution is 2.21. The van der Waals surface area contributed by atoms with Gasteiger partial charge in [0.1, 0.15) is 5.82 Å². The Kier molecular flexibility index (Phi) is 5.34. The van der Waals surface area contributed by atoms with E-state index in [0.717, 1.165) is 35.4 Å². The first-order valence-electron chi connectivity index (χ1n) is 10.1. The Morgan fingerprint density at radius 2 is 1.86 bits per heavy atom. The summed E-state index contributed by atoms with van der Waals surface area (Å²) >= 11 is 0. The molecule has 1 aliphatic heterocycles. The number of nitrogens with one attached hydrogen (secondary N) is 1. The average molecular weight is 390 g/mol. The fraction of sp³-hybridized carbons (Fsp3) is 0.348. The van der Waals surface area contributed by atoms with Crippen LogP contribution in [-0.4, -0.2) is 33.6 Å². The Hall–Kier alpha value is -3.15. The third-order valence-corrected chi connectivity index (χ3v) is 5.66. The molecular formula is C23H26N4O2. The predicted octanol–water partition coefficient (Wildman–Crippen LogP) is 3.96. The molecule has 1 aliphatic rings. The number of para-hydroxylation sites is 1. The van der Waals surface area contributed by atoms with E-state index in [9.17, 15) is 9.59 Å². The Balaban J connectivity index is 1.40. The van der Waals surface area contributed by atoms with Crippen molar-refractivity contribution in [2.24, 2.45) is 5.92 Å². The Morgan fingerprint density at radius 1 is 1.10 bits per heavy atom. The highest BCUT2D eigenvalue weighted by Gasteiger charge is 2.24. The number of carbonyl (C=O) groups is 1. The number of hydrogen-bond acceptors (Lipinski definition) is 3. The van der Waals surface area contributed by atoms with E-state index in [1.54, 1.807) is 4.57 Å². The van der Waals surface area contributed by atoms with E-state index in [4.69, 9.17) is 0 Å². The van der Waals surface area contributed by atoms with Crippen molar-refractivity contribution >= 4 is 22.6 Å². The second-order valence-corrected chi connectivity index (χ2v) is 7.82. The zero-order chi connectivity index (χ0) is 20.4. The van der Waals surface area contributed by atoms with Crippen LogP contribution >= 0.6 is 0 Å². The molecule has 0 radical (unpaired) electrons. The molecule has 1 saturated heterocycles. The molecule has 0 saturated carbocycles. The largest absolute Gasteiger partial charge is 0.325 e. The number of fused-ring (bicyclic) bond motifs is 1. The number of piperidine rings is 1. The zero-order valence-electron chi connectivity index (χ0n) is 16.9. The number of hydrogen-bond donors (Lipinski definition) is 1. The van der Waals surface area contributed by atoms with Crippen LogP contribution in [0.15, 0.2) is 53.3 Å². The zero-order valence-corrected chi connectivity index (χ0v) is 16.9. The van der Waals surface area contributed by atoms with Crippen LogP contribution in [0.5, 0.6) is 0 Å². The minimum absolute atomic E-state index is 0.0210. The number of likely N-dealkylation sites (tertiary alicyclic amines) is 1. The van der Waals surface area contributed by atoms with Gasteiger partial charge in [-0.15, -0.1) is 0 Å². The molecule has 6 nitrogen and oxygen atoms in total. The van der Waals surface area contributed by atoms with Gasteiger partial charge in [-0.05, 0) is 62.4 Å². The lowest BCUT2D eigenvalue weighted by Crippen LogP contribution is -2.42. The van der Waals surface area contributed by atoms with Gasteiger partial charge in [0, 0.05) is 25.3 Å². The van der Waals surface area contributed by atoms with Crippen molar-refractivity contribution in [3.8, 4) is 0 Å². The standard InChI is InChI=1S/C23H26N4O2/c1-16-6-5-7-19(14-16)25-23(29)26-12-10-18(11-13-26)15-27-17(2)24-21-9-4-3-8-20(21)22(27)28/h3-9,14,18H,10-13,15H2,1-2H3,(H,25,29). The molecule has 0 unspecified atom stereocenters. The molecule has 6 heteroatoms. The van der Waals surface area contributed by atoms with Crippen LogP contribution in [0.4, 0.5) is 10.5 Å². The fourth-order valence-electron chi connectivity index (χ4n) is 4.00. The highest BCUT2D eigenvalue weighted by molar-refractivity contribution is 5.89. The molecule has 0 bridgehead atoms. The van der Waals surface area contributed by atoms with Crippen molar-refractivity contribution < 1.29 is 4.79 Å². The van der Waals surface area contributed by atoms with Gasteiger partial charge in [0.25, 0.3) is 5.56 Å². The van der Waals surface area contributed by atoms with E-state index in [-0.39, 0.29) is 11.6 Å². The van der Waals surface area contributed by atoms with Gasteiger partial charge in [0.15, 0.2) is 0 Å². The second kappa shape index (κ2) is 8.07. The highest BCUT2D eigenvalue weighted by atomic mass is 16.2. The maximum Gasteiger partial charge on any atom is 0.321 e. The lowest BCUT2D eigenvalue weighted by molar-refractivity contribution is 0.176. The van der Waals surface area contributed by atoms with E-state index in [1.165, 1.54) is 0 Å². The summed E-state index contributed by atoms with van der Waals surface area (Å²) in [5.74, 6) is 1.10. The van der Waals surface area contributed by atoms with Gasteiger partial charge in [-0.25, -0.2) is 9.78 Å². The van der Waals surface area contributed by atoms with Crippen LogP contribution in [0.3, 0.4) is 0 Å². The summed E-state index contributed by atoms with van der Waals surface area (Å²) < 4.78 is 1.79. The van der Waals surface area contributed by atoms with Gasteiger partial charge >= 0.3 is 6.03 Å². The van der Waals surface area contributed by atoms with Crippen molar-refractivity contribution in [3.63, 3.8) is 0 Å². The first-order valence-corrected chi connectivity index (χ1v) is 10.1. The van der Waals surface area contributed by atoms with E-state index in [2.05, 4.69) is 10.3 Å². The smallest absolute Gasteiger partial charge is 0.321 e. The van der Waals surface area contributed by atoms with Gasteiger partial charge in [-0.1, -0.05) is 24.3 Å². The molecule has 150 valence electrons. The molecule has 4 rings (SSSR count). The summed E-state index contributed by atoms with van der Waals surface area (Å²) in [6.45, 7) is 5.93. The lowest BCUT2D eigenvalue weighted by Gasteiger charge is -2.32. The third-order valence-electron chi connectivity index (χ3n) is 5.66.